The van der Waals surface area contributed by atoms with Gasteiger partial charge in [-0.3, -0.25) is 4.79 Å². The molecule has 2 aliphatic heterocycles. The van der Waals surface area contributed by atoms with Crippen molar-refractivity contribution in [3.63, 3.8) is 0 Å². The molecule has 2 bridgehead atoms. The van der Waals surface area contributed by atoms with E-state index in [1.54, 1.807) is 13.0 Å². The van der Waals surface area contributed by atoms with Crippen LogP contribution in [-0.4, -0.2) is 27.8 Å². The van der Waals surface area contributed by atoms with Crippen LogP contribution in [0.3, 0.4) is 0 Å². The topological polar surface area (TPSA) is 46.5 Å². The van der Waals surface area contributed by atoms with Gasteiger partial charge in [-0.2, -0.15) is 0 Å². The van der Waals surface area contributed by atoms with Gasteiger partial charge in [0, 0.05) is 30.0 Å². The number of pyridine rings is 1. The van der Waals surface area contributed by atoms with Gasteiger partial charge in [0.25, 0.3) is 0 Å². The van der Waals surface area contributed by atoms with E-state index in [1.165, 1.54) is 0 Å². The first-order chi connectivity index (χ1) is 15.2. The van der Waals surface area contributed by atoms with E-state index < -0.39 is 0 Å². The molecule has 1 aromatic heterocycles. The summed E-state index contributed by atoms with van der Waals surface area (Å²) in [6.45, 7) is 15.1. The molecule has 0 unspecified atom stereocenters. The van der Waals surface area contributed by atoms with E-state index in [9.17, 15) is 9.18 Å². The van der Waals surface area contributed by atoms with Crippen LogP contribution in [-0.2, 0) is 17.8 Å². The SMILES string of the molecule is C=C(NCc1cc(C)c(F)cc1C)c1cn2c(c(C)c1=O)C(=C)N1[C@H]3CC[C@H](C3)O[C@@H]1C2. The van der Waals surface area contributed by atoms with Crippen LogP contribution >= 0.6 is 0 Å². The van der Waals surface area contributed by atoms with E-state index >= 15 is 0 Å². The lowest BCUT2D eigenvalue weighted by molar-refractivity contribution is -0.125. The van der Waals surface area contributed by atoms with Gasteiger partial charge in [0.2, 0.25) is 0 Å². The summed E-state index contributed by atoms with van der Waals surface area (Å²) < 4.78 is 22.2. The van der Waals surface area contributed by atoms with Gasteiger partial charge in [0.1, 0.15) is 12.0 Å². The summed E-state index contributed by atoms with van der Waals surface area (Å²) in [7, 11) is 0. The van der Waals surface area contributed by atoms with E-state index in [4.69, 9.17) is 4.74 Å². The summed E-state index contributed by atoms with van der Waals surface area (Å²) in [4.78, 5) is 15.6. The van der Waals surface area contributed by atoms with E-state index in [0.717, 1.165) is 41.8 Å². The van der Waals surface area contributed by atoms with Gasteiger partial charge in [0.05, 0.1) is 29.6 Å². The summed E-state index contributed by atoms with van der Waals surface area (Å²) in [5, 5.41) is 3.27. The van der Waals surface area contributed by atoms with Crippen LogP contribution in [0.1, 0.15) is 52.8 Å². The van der Waals surface area contributed by atoms with Gasteiger partial charge in [-0.05, 0) is 62.8 Å². The van der Waals surface area contributed by atoms with Crippen molar-refractivity contribution in [3.8, 4) is 0 Å². The zero-order chi connectivity index (χ0) is 22.7. The van der Waals surface area contributed by atoms with E-state index in [2.05, 4.69) is 27.9 Å². The lowest BCUT2D eigenvalue weighted by Gasteiger charge is -2.47. The molecule has 5 rings (SSSR count). The molecular weight excluding hydrogens is 405 g/mol. The number of aromatic nitrogens is 1. The van der Waals surface area contributed by atoms with E-state index in [0.29, 0.717) is 47.6 Å². The molecule has 1 N–H and O–H groups in total. The molecule has 0 amide bonds. The standard InChI is InChI=1S/C26H30FN3O2/c1-14-9-23(27)15(2)8-19(14)11-28-17(4)22-12-29-13-24-30(20-6-7-21(10-20)32-24)18(5)25(29)16(3)26(22)31/h8-9,12,20-21,24,28H,4-7,10-11,13H2,1-3H3/t20-,21+,24+/m0/s1. The third kappa shape index (κ3) is 3.28. The fraction of sp³-hybridized carbons (Fsp3) is 0.423. The predicted molar refractivity (Wildman–Crippen MR) is 124 cm³/mol. The van der Waals surface area contributed by atoms with Gasteiger partial charge < -0.3 is 19.5 Å². The van der Waals surface area contributed by atoms with Crippen LogP contribution in [0.2, 0.25) is 0 Å². The van der Waals surface area contributed by atoms with Crippen LogP contribution in [0.25, 0.3) is 11.4 Å². The number of nitrogens with one attached hydrogen (secondary N) is 1. The average Bonchev–Trinajstić information content (AvgIpc) is 3.12. The molecule has 5 nitrogen and oxygen atoms in total. The minimum absolute atomic E-state index is 0.0393. The van der Waals surface area contributed by atoms with Crippen molar-refractivity contribution in [3.05, 3.63) is 81.0 Å². The molecule has 2 aromatic rings. The largest absolute Gasteiger partial charge is 0.381 e. The molecule has 0 radical (unpaired) electrons. The maximum atomic E-state index is 13.8. The Morgan fingerprint density at radius 3 is 2.81 bits per heavy atom. The first-order valence-electron chi connectivity index (χ1n) is 11.3. The van der Waals surface area contributed by atoms with Gasteiger partial charge in [-0.1, -0.05) is 19.2 Å². The molecule has 1 aromatic carbocycles. The minimum atomic E-state index is -0.207. The summed E-state index contributed by atoms with van der Waals surface area (Å²) >= 11 is 0. The molecule has 1 saturated carbocycles. The van der Waals surface area contributed by atoms with Gasteiger partial charge in [0.15, 0.2) is 5.43 Å². The monoisotopic (exact) mass is 435 g/mol. The quantitative estimate of drug-likeness (QED) is 0.781. The third-order valence-corrected chi connectivity index (χ3v) is 7.30. The van der Waals surface area contributed by atoms with E-state index in [-0.39, 0.29) is 17.5 Å². The molecule has 2 fully saturated rings. The first-order valence-corrected chi connectivity index (χ1v) is 11.3. The van der Waals surface area contributed by atoms with Crippen molar-refractivity contribution in [1.29, 1.82) is 0 Å². The predicted octanol–water partition coefficient (Wildman–Crippen LogP) is 4.24. The fourth-order valence-electron chi connectivity index (χ4n) is 5.51. The molecule has 3 heterocycles. The molecule has 6 heteroatoms. The summed E-state index contributed by atoms with van der Waals surface area (Å²) in [6, 6.07) is 3.83. The van der Waals surface area contributed by atoms with Crippen molar-refractivity contribution in [2.75, 3.05) is 0 Å². The number of rotatable bonds is 4. The molecular formula is C26H30FN3O2. The number of benzene rings is 1. The van der Waals surface area contributed by atoms with Crippen molar-refractivity contribution >= 4 is 11.4 Å². The normalized spacial score (nSPS) is 23.7. The number of halogens is 1. The molecule has 32 heavy (non-hydrogen) atoms. The zero-order valence-electron chi connectivity index (χ0n) is 19.0. The van der Waals surface area contributed by atoms with Crippen LogP contribution in [0.15, 0.2) is 36.3 Å². The number of aryl methyl sites for hydroxylation is 2. The third-order valence-electron chi connectivity index (χ3n) is 7.30. The maximum absolute atomic E-state index is 13.8. The Morgan fingerprint density at radius 2 is 2.03 bits per heavy atom. The van der Waals surface area contributed by atoms with Crippen LogP contribution in [0.5, 0.6) is 0 Å². The summed E-state index contributed by atoms with van der Waals surface area (Å²) in [6.07, 6.45) is 5.42. The van der Waals surface area contributed by atoms with Crippen LogP contribution in [0, 0.1) is 26.6 Å². The van der Waals surface area contributed by atoms with Crippen molar-refractivity contribution in [2.45, 2.75) is 71.5 Å². The van der Waals surface area contributed by atoms with Gasteiger partial charge in [-0.15, -0.1) is 0 Å². The fourth-order valence-corrected chi connectivity index (χ4v) is 5.51. The molecule has 3 atom stereocenters. The number of fused-ring (bicyclic) bond motifs is 5. The lowest BCUT2D eigenvalue weighted by Crippen LogP contribution is -2.52. The van der Waals surface area contributed by atoms with Crippen molar-refractivity contribution in [1.82, 2.24) is 14.8 Å². The average molecular weight is 436 g/mol. The Balaban J connectivity index is 1.43. The van der Waals surface area contributed by atoms with Gasteiger partial charge >= 0.3 is 0 Å². The Hall–Kier alpha value is -2.86. The maximum Gasteiger partial charge on any atom is 0.194 e. The highest BCUT2D eigenvalue weighted by Gasteiger charge is 2.44. The van der Waals surface area contributed by atoms with Crippen molar-refractivity contribution < 1.29 is 9.13 Å². The van der Waals surface area contributed by atoms with E-state index in [1.807, 2.05) is 26.1 Å². The number of nitrogens with zero attached hydrogens (tertiary/aromatic N) is 2. The van der Waals surface area contributed by atoms with Crippen LogP contribution < -0.4 is 10.7 Å². The summed E-state index contributed by atoms with van der Waals surface area (Å²) in [5.41, 5.74) is 5.97. The Bertz CT molecular complexity index is 1200. The Morgan fingerprint density at radius 1 is 1.25 bits per heavy atom. The molecule has 3 aliphatic rings. The number of hydrogen-bond acceptors (Lipinski definition) is 4. The molecule has 1 aliphatic carbocycles. The van der Waals surface area contributed by atoms with Crippen LogP contribution in [0.4, 0.5) is 4.39 Å². The number of hydrogen-bond donors (Lipinski definition) is 1. The van der Waals surface area contributed by atoms with Crippen molar-refractivity contribution in [2.24, 2.45) is 0 Å². The second kappa shape index (κ2) is 7.62. The molecule has 1 saturated heterocycles. The molecule has 168 valence electrons. The zero-order valence-corrected chi connectivity index (χ0v) is 19.0. The second-order valence-electron chi connectivity index (χ2n) is 9.39. The highest BCUT2D eigenvalue weighted by atomic mass is 19.1. The lowest BCUT2D eigenvalue weighted by atomic mass is 10.0. The molecule has 0 spiro atoms. The Labute approximate surface area is 188 Å². The highest BCUT2D eigenvalue weighted by molar-refractivity contribution is 5.68. The number of ether oxygens (including phenoxy) is 1. The minimum Gasteiger partial charge on any atom is -0.381 e. The summed E-state index contributed by atoms with van der Waals surface area (Å²) in [5.74, 6) is -0.207. The Kier molecular flexibility index (Phi) is 5.01. The first kappa shape index (κ1) is 21.0. The highest BCUT2D eigenvalue weighted by Crippen LogP contribution is 2.42. The van der Waals surface area contributed by atoms with Gasteiger partial charge in [-0.25, -0.2) is 4.39 Å². The second-order valence-corrected chi connectivity index (χ2v) is 9.39. The smallest absolute Gasteiger partial charge is 0.194 e.